The van der Waals surface area contributed by atoms with Crippen molar-refractivity contribution in [1.82, 2.24) is 14.5 Å². The SMILES string of the molecule is CC(C)c1cc(-c2cc[c-]c(-c3ccc(-c4ccccc4)c(-c4cccc(-c5nc6ccccc6n5-c5c(C(C)C)cccc5C(C)C)c4O)n3)c2)cc(C(C)C)c1.[Pt]. The van der Waals surface area contributed by atoms with Crippen LogP contribution >= 0.6 is 0 Å². The Labute approximate surface area is 364 Å². The molecule has 0 radical (unpaired) electrons. The minimum atomic E-state index is 0. The van der Waals surface area contributed by atoms with E-state index in [0.717, 1.165) is 44.7 Å². The van der Waals surface area contributed by atoms with Gasteiger partial charge in [-0.3, -0.25) is 9.55 Å². The van der Waals surface area contributed by atoms with E-state index in [-0.39, 0.29) is 38.7 Å². The fraction of sp³-hybridized carbons (Fsp3) is 0.222. The summed E-state index contributed by atoms with van der Waals surface area (Å²) in [6.45, 7) is 18.0. The van der Waals surface area contributed by atoms with Crippen LogP contribution in [-0.4, -0.2) is 19.6 Å². The van der Waals surface area contributed by atoms with Crippen LogP contribution in [0.4, 0.5) is 0 Å². The number of rotatable bonds is 10. The monoisotopic (exact) mass is 953 g/mol. The molecule has 0 spiro atoms. The van der Waals surface area contributed by atoms with E-state index in [4.69, 9.17) is 9.97 Å². The van der Waals surface area contributed by atoms with Gasteiger partial charge in [-0.05, 0) is 87.0 Å². The molecule has 2 heterocycles. The Morgan fingerprint density at radius 1 is 0.525 bits per heavy atom. The fourth-order valence-electron chi connectivity index (χ4n) is 8.09. The maximum absolute atomic E-state index is 12.6. The first-order valence-corrected chi connectivity index (χ1v) is 20.7. The van der Waals surface area contributed by atoms with Crippen LogP contribution < -0.4 is 0 Å². The second-order valence-corrected chi connectivity index (χ2v) is 16.7. The topological polar surface area (TPSA) is 50.9 Å². The van der Waals surface area contributed by atoms with E-state index in [2.05, 4.69) is 157 Å². The first-order valence-electron chi connectivity index (χ1n) is 20.7. The van der Waals surface area contributed by atoms with Crippen LogP contribution in [0, 0.1) is 6.07 Å². The molecule has 0 fully saturated rings. The molecule has 0 unspecified atom stereocenters. The first kappa shape index (κ1) is 41.6. The Balaban J connectivity index is 0.00000528. The third-order valence-electron chi connectivity index (χ3n) is 11.4. The second-order valence-electron chi connectivity index (χ2n) is 16.7. The molecule has 0 saturated heterocycles. The van der Waals surface area contributed by atoms with Gasteiger partial charge in [0.05, 0.1) is 28.0 Å². The van der Waals surface area contributed by atoms with Gasteiger partial charge in [0.25, 0.3) is 0 Å². The molecule has 59 heavy (non-hydrogen) atoms. The fourth-order valence-corrected chi connectivity index (χ4v) is 8.09. The molecule has 0 atom stereocenters. The van der Waals surface area contributed by atoms with Crippen LogP contribution in [0.1, 0.15) is 101 Å². The zero-order valence-corrected chi connectivity index (χ0v) is 37.5. The van der Waals surface area contributed by atoms with Crippen molar-refractivity contribution in [3.63, 3.8) is 0 Å². The summed E-state index contributed by atoms with van der Waals surface area (Å²) >= 11 is 0. The number of nitrogens with zero attached hydrogens (tertiary/aromatic N) is 3. The van der Waals surface area contributed by atoms with Crippen molar-refractivity contribution in [1.29, 1.82) is 0 Å². The molecule has 300 valence electrons. The number of benzene rings is 6. The van der Waals surface area contributed by atoms with Gasteiger partial charge in [0.1, 0.15) is 11.6 Å². The molecule has 6 aromatic carbocycles. The minimum Gasteiger partial charge on any atom is -0.506 e. The van der Waals surface area contributed by atoms with E-state index in [1.807, 2.05) is 48.5 Å². The third-order valence-corrected chi connectivity index (χ3v) is 11.4. The molecule has 4 nitrogen and oxygen atoms in total. The molecule has 0 aliphatic carbocycles. The van der Waals surface area contributed by atoms with E-state index in [1.165, 1.54) is 27.8 Å². The average Bonchev–Trinajstić information content (AvgIpc) is 3.62. The standard InChI is InChI=1S/C54H52N3O.Pt/c1-33(2)40-30-41(34(3)4)32-42(31-40)38-19-14-20-39(29-38)48-28-27-45(37-17-10-9-11-18-37)51(55-48)46-23-16-24-47(53(46)58)54-56-49-25-12-13-26-50(49)57(54)52-43(35(5)6)21-15-22-44(52)36(7)8;/h9-19,21-36,58H,1-8H3;/q-1;. The van der Waals surface area contributed by atoms with Crippen LogP contribution in [0.3, 0.4) is 0 Å². The number of fused-ring (bicyclic) bond motifs is 1. The number of imidazole rings is 1. The van der Waals surface area contributed by atoms with E-state index in [1.54, 1.807) is 0 Å². The Morgan fingerprint density at radius 3 is 1.81 bits per heavy atom. The maximum atomic E-state index is 12.6. The summed E-state index contributed by atoms with van der Waals surface area (Å²) < 4.78 is 2.26. The summed E-state index contributed by atoms with van der Waals surface area (Å²) in [5, 5.41) is 12.6. The molecule has 0 aliphatic heterocycles. The normalized spacial score (nSPS) is 11.6. The molecular weight excluding hydrogens is 902 g/mol. The molecule has 0 amide bonds. The zero-order chi connectivity index (χ0) is 40.7. The van der Waals surface area contributed by atoms with Crippen LogP contribution in [0.2, 0.25) is 0 Å². The maximum Gasteiger partial charge on any atom is 0.149 e. The van der Waals surface area contributed by atoms with Gasteiger partial charge in [-0.2, -0.15) is 0 Å². The summed E-state index contributed by atoms with van der Waals surface area (Å²) in [5.74, 6) is 2.22. The number of phenolic OH excluding ortho intramolecular Hbond substituents is 1. The van der Waals surface area contributed by atoms with Crippen molar-refractivity contribution in [2.75, 3.05) is 0 Å². The average molecular weight is 954 g/mol. The second kappa shape index (κ2) is 17.3. The smallest absolute Gasteiger partial charge is 0.149 e. The van der Waals surface area contributed by atoms with Crippen molar-refractivity contribution in [2.24, 2.45) is 0 Å². The van der Waals surface area contributed by atoms with Crippen molar-refractivity contribution in [3.05, 3.63) is 168 Å². The Morgan fingerprint density at radius 2 is 1.15 bits per heavy atom. The molecule has 0 saturated carbocycles. The molecule has 1 N–H and O–H groups in total. The molecular formula is C54H52N3OPt-. The number of hydrogen-bond acceptors (Lipinski definition) is 3. The van der Waals surface area contributed by atoms with E-state index in [9.17, 15) is 5.11 Å². The number of aromatic nitrogens is 3. The zero-order valence-electron chi connectivity index (χ0n) is 35.2. The van der Waals surface area contributed by atoms with E-state index in [0.29, 0.717) is 34.5 Å². The molecule has 2 aromatic heterocycles. The summed E-state index contributed by atoms with van der Waals surface area (Å²) in [7, 11) is 0. The predicted molar refractivity (Wildman–Crippen MR) is 243 cm³/mol. The van der Waals surface area contributed by atoms with Gasteiger partial charge >= 0.3 is 0 Å². The predicted octanol–water partition coefficient (Wildman–Crippen LogP) is 14.8. The van der Waals surface area contributed by atoms with Crippen molar-refractivity contribution < 1.29 is 26.2 Å². The number of aromatic hydroxyl groups is 1. The molecule has 5 heteroatoms. The quantitative estimate of drug-likeness (QED) is 0.139. The Bertz CT molecular complexity index is 2710. The summed E-state index contributed by atoms with van der Waals surface area (Å²) in [6.07, 6.45) is 0. The van der Waals surface area contributed by atoms with Crippen LogP contribution in [0.5, 0.6) is 5.75 Å². The van der Waals surface area contributed by atoms with Gasteiger partial charge in [0.2, 0.25) is 0 Å². The Kier molecular flexibility index (Phi) is 12.2. The summed E-state index contributed by atoms with van der Waals surface area (Å²) in [6, 6.07) is 52.1. The van der Waals surface area contributed by atoms with Crippen LogP contribution in [0.25, 0.3) is 72.9 Å². The summed E-state index contributed by atoms with van der Waals surface area (Å²) in [4.78, 5) is 10.6. The molecule has 8 aromatic rings. The van der Waals surface area contributed by atoms with Crippen molar-refractivity contribution in [2.45, 2.75) is 79.1 Å². The third kappa shape index (κ3) is 8.08. The van der Waals surface area contributed by atoms with Gasteiger partial charge in [-0.1, -0.05) is 152 Å². The van der Waals surface area contributed by atoms with Gasteiger partial charge in [0.15, 0.2) is 0 Å². The van der Waals surface area contributed by atoms with E-state index >= 15 is 0 Å². The number of pyridine rings is 1. The Hall–Kier alpha value is -5.57. The number of hydrogen-bond donors (Lipinski definition) is 1. The van der Waals surface area contributed by atoms with Gasteiger partial charge in [0, 0.05) is 32.2 Å². The van der Waals surface area contributed by atoms with Gasteiger partial charge in [-0.15, -0.1) is 35.4 Å². The molecule has 0 bridgehead atoms. The van der Waals surface area contributed by atoms with Crippen LogP contribution in [0.15, 0.2) is 140 Å². The van der Waals surface area contributed by atoms with Crippen LogP contribution in [-0.2, 0) is 21.1 Å². The largest absolute Gasteiger partial charge is 0.506 e. The first-order chi connectivity index (χ1) is 28.0. The van der Waals surface area contributed by atoms with Gasteiger partial charge in [-0.25, -0.2) is 4.98 Å². The number of para-hydroxylation sites is 4. The van der Waals surface area contributed by atoms with Gasteiger partial charge < -0.3 is 5.11 Å². The summed E-state index contributed by atoms with van der Waals surface area (Å²) in [5.41, 5.74) is 16.1. The molecule has 0 aliphatic rings. The van der Waals surface area contributed by atoms with E-state index < -0.39 is 0 Å². The van der Waals surface area contributed by atoms with Crippen molar-refractivity contribution >= 4 is 11.0 Å². The number of phenols is 1. The van der Waals surface area contributed by atoms with Crippen molar-refractivity contribution in [3.8, 4) is 67.6 Å². The molecule has 8 rings (SSSR count). The minimum absolute atomic E-state index is 0.